The van der Waals surface area contributed by atoms with Gasteiger partial charge in [-0.15, -0.1) is 0 Å². The van der Waals surface area contributed by atoms with Crippen LogP contribution in [0.5, 0.6) is 11.5 Å². The molecule has 0 aliphatic heterocycles. The second-order valence-electron chi connectivity index (χ2n) is 10.3. The molecule has 42 heavy (non-hydrogen) atoms. The van der Waals surface area contributed by atoms with E-state index in [2.05, 4.69) is 21.2 Å². The van der Waals surface area contributed by atoms with E-state index in [1.54, 1.807) is 31.2 Å². The molecule has 0 saturated carbocycles. The van der Waals surface area contributed by atoms with Crippen molar-refractivity contribution in [1.29, 1.82) is 0 Å². The number of carbonyl (C=O) groups excluding carboxylic acids is 2. The number of carbonyl (C=O) groups is 2. The molecule has 9 nitrogen and oxygen atoms in total. The zero-order chi connectivity index (χ0) is 31.0. The fraction of sp³-hybridized carbons (Fsp3) is 0.355. The Hall–Kier alpha value is -3.57. The van der Waals surface area contributed by atoms with Crippen molar-refractivity contribution in [3.8, 4) is 11.5 Å². The first-order chi connectivity index (χ1) is 19.9. The molecule has 2 amide bonds. The molecule has 3 aromatic carbocycles. The normalized spacial score (nSPS) is 12.0. The SMILES string of the molecule is COc1ccc(S(=O)(=O)N(CC(=O)N(Cc2cccc(Br)c2)[C@@H](C)C(=O)NCC(C)C)c2ccc(C)cc2)cc1OC. The average molecular weight is 661 g/mol. The molecule has 0 aliphatic carbocycles. The summed E-state index contributed by atoms with van der Waals surface area (Å²) in [5.74, 6) is -0.0288. The average Bonchev–Trinajstić information content (AvgIpc) is 2.97. The predicted octanol–water partition coefficient (Wildman–Crippen LogP) is 5.16. The van der Waals surface area contributed by atoms with Crippen molar-refractivity contribution in [1.82, 2.24) is 10.2 Å². The first-order valence-electron chi connectivity index (χ1n) is 13.5. The Morgan fingerprint density at radius 1 is 0.929 bits per heavy atom. The van der Waals surface area contributed by atoms with Gasteiger partial charge in [-0.25, -0.2) is 8.42 Å². The van der Waals surface area contributed by atoms with Crippen LogP contribution in [0.15, 0.2) is 76.1 Å². The van der Waals surface area contributed by atoms with Crippen LogP contribution in [-0.4, -0.2) is 58.5 Å². The number of ether oxygens (including phenoxy) is 2. The molecule has 0 bridgehead atoms. The molecule has 0 spiro atoms. The molecule has 0 unspecified atom stereocenters. The minimum absolute atomic E-state index is 0.0743. The van der Waals surface area contributed by atoms with E-state index in [4.69, 9.17) is 9.47 Å². The van der Waals surface area contributed by atoms with Crippen molar-refractivity contribution in [2.45, 2.75) is 45.2 Å². The zero-order valence-electron chi connectivity index (χ0n) is 24.8. The highest BCUT2D eigenvalue weighted by molar-refractivity contribution is 9.10. The van der Waals surface area contributed by atoms with Crippen LogP contribution in [0.2, 0.25) is 0 Å². The van der Waals surface area contributed by atoms with Crippen molar-refractivity contribution in [2.24, 2.45) is 5.92 Å². The number of anilines is 1. The highest BCUT2D eigenvalue weighted by Crippen LogP contribution is 2.32. The quantitative estimate of drug-likeness (QED) is 0.272. The van der Waals surface area contributed by atoms with Crippen molar-refractivity contribution < 1.29 is 27.5 Å². The summed E-state index contributed by atoms with van der Waals surface area (Å²) in [6.07, 6.45) is 0. The summed E-state index contributed by atoms with van der Waals surface area (Å²) < 4.78 is 40.7. The number of methoxy groups -OCH3 is 2. The van der Waals surface area contributed by atoms with E-state index in [0.29, 0.717) is 18.0 Å². The molecule has 0 aromatic heterocycles. The number of sulfonamides is 1. The monoisotopic (exact) mass is 659 g/mol. The molecule has 0 radical (unpaired) electrons. The standard InChI is InChI=1S/C31H38BrN3O6S/c1-21(2)18-33-31(37)23(4)34(19-24-8-7-9-25(32)16-24)30(36)20-35(26-12-10-22(3)11-13-26)42(38,39)27-14-15-28(40-5)29(17-27)41-6/h7-17,21,23H,18-20H2,1-6H3,(H,33,37)/t23-/m0/s1. The Bertz CT molecular complexity index is 1490. The Morgan fingerprint density at radius 2 is 1.60 bits per heavy atom. The molecule has 0 heterocycles. The summed E-state index contributed by atoms with van der Waals surface area (Å²) in [5, 5.41) is 2.89. The molecular weight excluding hydrogens is 622 g/mol. The van der Waals surface area contributed by atoms with E-state index in [1.807, 2.05) is 45.0 Å². The van der Waals surface area contributed by atoms with Gasteiger partial charge < -0.3 is 19.7 Å². The van der Waals surface area contributed by atoms with Crippen LogP contribution in [0.3, 0.4) is 0 Å². The number of amides is 2. The van der Waals surface area contributed by atoms with Crippen molar-refractivity contribution >= 4 is 43.5 Å². The second-order valence-corrected chi connectivity index (χ2v) is 13.1. The Labute approximate surface area is 257 Å². The molecule has 0 aliphatic rings. The van der Waals surface area contributed by atoms with Crippen molar-refractivity contribution in [3.05, 3.63) is 82.3 Å². The number of rotatable bonds is 13. The lowest BCUT2D eigenvalue weighted by molar-refractivity contribution is -0.139. The molecule has 0 fully saturated rings. The lowest BCUT2D eigenvalue weighted by Crippen LogP contribution is -2.51. The summed E-state index contributed by atoms with van der Waals surface area (Å²) in [6, 6.07) is 17.7. The Balaban J connectivity index is 2.05. The van der Waals surface area contributed by atoms with Crippen LogP contribution in [0, 0.1) is 12.8 Å². The zero-order valence-corrected chi connectivity index (χ0v) is 27.2. The van der Waals surface area contributed by atoms with Gasteiger partial charge in [0.1, 0.15) is 12.6 Å². The summed E-state index contributed by atoms with van der Waals surface area (Å²) in [5.41, 5.74) is 2.02. The molecule has 3 rings (SSSR count). The number of nitrogens with zero attached hydrogens (tertiary/aromatic N) is 2. The lowest BCUT2D eigenvalue weighted by Gasteiger charge is -2.32. The minimum atomic E-state index is -4.26. The van der Waals surface area contributed by atoms with Gasteiger partial charge in [0.25, 0.3) is 10.0 Å². The van der Waals surface area contributed by atoms with Gasteiger partial charge >= 0.3 is 0 Å². The van der Waals surface area contributed by atoms with Gasteiger partial charge in [-0.1, -0.05) is 59.6 Å². The molecule has 226 valence electrons. The topological polar surface area (TPSA) is 105 Å². The first-order valence-corrected chi connectivity index (χ1v) is 15.7. The maximum Gasteiger partial charge on any atom is 0.264 e. The highest BCUT2D eigenvalue weighted by Gasteiger charge is 2.33. The second kappa shape index (κ2) is 14.6. The number of hydrogen-bond acceptors (Lipinski definition) is 6. The van der Waals surface area contributed by atoms with Crippen LogP contribution >= 0.6 is 15.9 Å². The smallest absolute Gasteiger partial charge is 0.264 e. The van der Waals surface area contributed by atoms with E-state index in [-0.39, 0.29) is 29.0 Å². The van der Waals surface area contributed by atoms with Crippen molar-refractivity contribution in [2.75, 3.05) is 31.6 Å². The fourth-order valence-electron chi connectivity index (χ4n) is 4.21. The number of benzene rings is 3. The van der Waals surface area contributed by atoms with Gasteiger partial charge in [-0.2, -0.15) is 0 Å². The van der Waals surface area contributed by atoms with Crippen molar-refractivity contribution in [3.63, 3.8) is 0 Å². The predicted molar refractivity (Wildman–Crippen MR) is 167 cm³/mol. The number of aryl methyl sites for hydroxylation is 1. The van der Waals surface area contributed by atoms with E-state index >= 15 is 0 Å². The first kappa shape index (κ1) is 32.9. The third-order valence-corrected chi connectivity index (χ3v) is 8.90. The van der Waals surface area contributed by atoms with Gasteiger partial charge in [0.05, 0.1) is 24.8 Å². The maximum atomic E-state index is 14.1. The van der Waals surface area contributed by atoms with E-state index in [1.165, 1.54) is 37.3 Å². The molecule has 1 atom stereocenters. The van der Waals surface area contributed by atoms with E-state index in [0.717, 1.165) is 19.9 Å². The van der Waals surface area contributed by atoms with Crippen LogP contribution in [0.25, 0.3) is 0 Å². The minimum Gasteiger partial charge on any atom is -0.493 e. The molecule has 11 heteroatoms. The van der Waals surface area contributed by atoms with Gasteiger partial charge in [-0.3, -0.25) is 13.9 Å². The van der Waals surface area contributed by atoms with Gasteiger partial charge in [0, 0.05) is 23.6 Å². The highest BCUT2D eigenvalue weighted by atomic mass is 79.9. The largest absolute Gasteiger partial charge is 0.493 e. The molecule has 1 N–H and O–H groups in total. The third kappa shape index (κ3) is 8.25. The summed E-state index contributed by atoms with van der Waals surface area (Å²) in [7, 11) is -1.38. The summed E-state index contributed by atoms with van der Waals surface area (Å²) >= 11 is 3.46. The van der Waals surface area contributed by atoms with E-state index < -0.39 is 28.5 Å². The van der Waals surface area contributed by atoms with Gasteiger partial charge in [0.15, 0.2) is 11.5 Å². The number of nitrogens with one attached hydrogen (secondary N) is 1. The Morgan fingerprint density at radius 3 is 2.19 bits per heavy atom. The lowest BCUT2D eigenvalue weighted by atomic mass is 10.1. The summed E-state index contributed by atoms with van der Waals surface area (Å²) in [6.45, 7) is 7.51. The summed E-state index contributed by atoms with van der Waals surface area (Å²) in [4.78, 5) is 28.5. The van der Waals surface area contributed by atoms with Crippen LogP contribution in [-0.2, 0) is 26.2 Å². The van der Waals surface area contributed by atoms with Gasteiger partial charge in [0.2, 0.25) is 11.8 Å². The fourth-order valence-corrected chi connectivity index (χ4v) is 6.09. The maximum absolute atomic E-state index is 14.1. The number of halogens is 1. The van der Waals surface area contributed by atoms with E-state index in [9.17, 15) is 18.0 Å². The third-order valence-electron chi connectivity index (χ3n) is 6.64. The molecular formula is C31H38BrN3O6S. The molecule has 0 saturated heterocycles. The van der Waals surface area contributed by atoms with Crippen LogP contribution in [0.4, 0.5) is 5.69 Å². The number of hydrogen-bond donors (Lipinski definition) is 1. The van der Waals surface area contributed by atoms with Gasteiger partial charge in [-0.05, 0) is 61.7 Å². The van der Waals surface area contributed by atoms with Crippen LogP contribution in [0.1, 0.15) is 31.9 Å². The molecule has 3 aromatic rings. The Kier molecular flexibility index (Phi) is 11.4. The van der Waals surface area contributed by atoms with Crippen LogP contribution < -0.4 is 19.1 Å².